The quantitative estimate of drug-likeness (QED) is 0.316. The van der Waals surface area contributed by atoms with Gasteiger partial charge in [-0.1, -0.05) is 0 Å². The predicted octanol–water partition coefficient (Wildman–Crippen LogP) is 8.35. The first-order valence-electron chi connectivity index (χ1n) is 11.7. The van der Waals surface area contributed by atoms with Crippen molar-refractivity contribution in [3.8, 4) is 11.1 Å². The Hall–Kier alpha value is -1.76. The van der Waals surface area contributed by atoms with Crippen LogP contribution in [0.25, 0.3) is 23.3 Å². The maximum absolute atomic E-state index is 3.34. The van der Waals surface area contributed by atoms with Crippen LogP contribution in [-0.4, -0.2) is 5.92 Å². The van der Waals surface area contributed by atoms with Crippen molar-refractivity contribution >= 4 is 18.1 Å². The van der Waals surface area contributed by atoms with E-state index in [2.05, 4.69) is 120 Å². The molecular formula is C29H33SiZr. The third-order valence-corrected chi connectivity index (χ3v) is 55.9. The summed E-state index contributed by atoms with van der Waals surface area (Å²) in [5.41, 5.74) is 10.5. The maximum atomic E-state index is 2.81. The zero-order valence-corrected chi connectivity index (χ0v) is 23.0. The number of hydrogen-bond donors (Lipinski definition) is 0. The molecule has 0 radical (unpaired) electrons. The molecule has 3 aromatic carbocycles. The van der Waals surface area contributed by atoms with Gasteiger partial charge in [0.05, 0.1) is 0 Å². The molecule has 31 heavy (non-hydrogen) atoms. The Kier molecular flexibility index (Phi) is 5.03. The molecule has 0 fully saturated rings. The van der Waals surface area contributed by atoms with Gasteiger partial charge in [-0.15, -0.1) is 0 Å². The molecule has 157 valence electrons. The molecule has 0 heterocycles. The molecule has 2 aliphatic rings. The average Bonchev–Trinajstić information content (AvgIpc) is 3.35. The summed E-state index contributed by atoms with van der Waals surface area (Å²) >= 11 is -3.34. The van der Waals surface area contributed by atoms with Gasteiger partial charge in [0, 0.05) is 0 Å². The van der Waals surface area contributed by atoms with Crippen LogP contribution in [0.5, 0.6) is 0 Å². The predicted molar refractivity (Wildman–Crippen MR) is 137 cm³/mol. The molecule has 2 unspecified atom stereocenters. The van der Waals surface area contributed by atoms with Crippen LogP contribution in [-0.2, 0) is 17.9 Å². The van der Waals surface area contributed by atoms with E-state index in [9.17, 15) is 0 Å². The molecule has 0 spiro atoms. The van der Waals surface area contributed by atoms with Crippen molar-refractivity contribution in [2.24, 2.45) is 0 Å². The standard InChI is InChI=1S/C15H11.C10H9.C2H7Si.2CH3.Zr/c1-2-6-12(7-3-1)14-10-4-8-13-9-5-11-15(13)14;1-8-6-9-4-2-3-5-10(9)7-8;1-3-2;;;/h1-11H;2-7H,1H3;3H,1-2H3;2*1H3;. The minimum absolute atomic E-state index is 0.617. The molecule has 2 heteroatoms. The summed E-state index contributed by atoms with van der Waals surface area (Å²) in [5, 5.41) is 0. The van der Waals surface area contributed by atoms with Crippen LogP contribution in [0.2, 0.25) is 22.4 Å². The van der Waals surface area contributed by atoms with Crippen LogP contribution in [0.1, 0.15) is 36.4 Å². The van der Waals surface area contributed by atoms with Gasteiger partial charge >= 0.3 is 190 Å². The third kappa shape index (κ3) is 3.02. The molecule has 0 bridgehead atoms. The summed E-state index contributed by atoms with van der Waals surface area (Å²) in [5.74, 6) is -0.950. The molecule has 2 atom stereocenters. The molecule has 0 amide bonds. The summed E-state index contributed by atoms with van der Waals surface area (Å²) in [6, 6.07) is 27.1. The molecule has 0 nitrogen and oxygen atoms in total. The summed E-state index contributed by atoms with van der Waals surface area (Å²) in [7, 11) is 0. The molecule has 5 rings (SSSR count). The first kappa shape index (κ1) is 21.1. The summed E-state index contributed by atoms with van der Waals surface area (Å²) in [6.07, 6.45) is 7.56. The number of allylic oxidation sites excluding steroid dienone is 2. The van der Waals surface area contributed by atoms with Crippen molar-refractivity contribution < 1.29 is 17.9 Å². The van der Waals surface area contributed by atoms with Gasteiger partial charge < -0.3 is 0 Å². The zero-order valence-electron chi connectivity index (χ0n) is 19.4. The molecular weight excluding hydrogens is 468 g/mol. The van der Waals surface area contributed by atoms with Crippen LogP contribution in [0.3, 0.4) is 0 Å². The molecule has 0 saturated heterocycles. The van der Waals surface area contributed by atoms with Crippen molar-refractivity contribution in [1.82, 2.24) is 0 Å². The first-order chi connectivity index (χ1) is 14.8. The van der Waals surface area contributed by atoms with Crippen LogP contribution in [0, 0.1) is 0 Å². The number of rotatable bonds is 4. The molecule has 0 aliphatic heterocycles. The second-order valence-electron chi connectivity index (χ2n) is 10.8. The van der Waals surface area contributed by atoms with E-state index in [1.165, 1.54) is 22.3 Å². The third-order valence-electron chi connectivity index (χ3n) is 8.87. The Bertz CT molecular complexity index is 1220. The van der Waals surface area contributed by atoms with E-state index in [0.29, 0.717) is 7.25 Å². The Morgan fingerprint density at radius 1 is 0.774 bits per heavy atom. The molecule has 0 aromatic heterocycles. The van der Waals surface area contributed by atoms with E-state index in [-0.39, 0.29) is 0 Å². The molecule has 3 aromatic rings. The Labute approximate surface area is 189 Å². The summed E-state index contributed by atoms with van der Waals surface area (Å²) in [6.45, 7) is 7.69. The normalized spacial score (nSPS) is 20.8. The second kappa shape index (κ2) is 7.39. The van der Waals surface area contributed by atoms with E-state index in [1.807, 2.05) is 0 Å². The van der Waals surface area contributed by atoms with Gasteiger partial charge in [0.15, 0.2) is 0 Å². The van der Waals surface area contributed by atoms with Crippen LogP contribution >= 0.6 is 0 Å². The van der Waals surface area contributed by atoms with Crippen LogP contribution in [0.4, 0.5) is 0 Å². The SMILES string of the molecule is CC1=Cc2ccccc2[CH]1[Zr]([CH3])([CH3])([CH]1C=Cc2c(-c3ccccc3)cccc21)[SiH](C)C. The van der Waals surface area contributed by atoms with E-state index in [0.717, 1.165) is 0 Å². The average molecular weight is 501 g/mol. The van der Waals surface area contributed by atoms with Gasteiger partial charge in [-0.3, -0.25) is 0 Å². The Balaban J connectivity index is 1.70. The van der Waals surface area contributed by atoms with Crippen LogP contribution < -0.4 is 0 Å². The number of hydrogen-bond acceptors (Lipinski definition) is 0. The van der Waals surface area contributed by atoms with Crippen LogP contribution in [0.15, 0.2) is 84.4 Å². The van der Waals surface area contributed by atoms with Gasteiger partial charge in [-0.25, -0.2) is 0 Å². The first-order valence-corrected chi connectivity index (χ1v) is 26.6. The van der Waals surface area contributed by atoms with E-state index in [1.54, 1.807) is 16.7 Å². The summed E-state index contributed by atoms with van der Waals surface area (Å²) < 4.78 is 6.89. The molecule has 0 saturated carbocycles. The van der Waals surface area contributed by atoms with Gasteiger partial charge in [0.2, 0.25) is 0 Å². The van der Waals surface area contributed by atoms with Gasteiger partial charge in [-0.05, 0) is 0 Å². The summed E-state index contributed by atoms with van der Waals surface area (Å²) in [4.78, 5) is 0. The Morgan fingerprint density at radius 3 is 2.19 bits per heavy atom. The molecule has 2 aliphatic carbocycles. The minimum atomic E-state index is -3.34. The van der Waals surface area contributed by atoms with Crippen molar-refractivity contribution in [1.29, 1.82) is 0 Å². The van der Waals surface area contributed by atoms with Crippen molar-refractivity contribution in [2.45, 2.75) is 36.5 Å². The topological polar surface area (TPSA) is 0 Å². The Morgan fingerprint density at radius 2 is 1.45 bits per heavy atom. The van der Waals surface area contributed by atoms with E-state index >= 15 is 0 Å². The van der Waals surface area contributed by atoms with Gasteiger partial charge in [-0.2, -0.15) is 0 Å². The van der Waals surface area contributed by atoms with Gasteiger partial charge in [0.25, 0.3) is 0 Å². The van der Waals surface area contributed by atoms with Crippen molar-refractivity contribution in [3.05, 3.63) is 107 Å². The van der Waals surface area contributed by atoms with E-state index < -0.39 is 23.9 Å². The van der Waals surface area contributed by atoms with Crippen molar-refractivity contribution in [3.63, 3.8) is 0 Å². The molecule has 0 N–H and O–H groups in total. The monoisotopic (exact) mass is 499 g/mol. The fraction of sp³-hybridized carbons (Fsp3) is 0.241. The van der Waals surface area contributed by atoms with Gasteiger partial charge in [0.1, 0.15) is 0 Å². The number of fused-ring (bicyclic) bond motifs is 2. The number of benzene rings is 3. The zero-order chi connectivity index (χ0) is 21.8. The fourth-order valence-corrected chi connectivity index (χ4v) is 34.9. The van der Waals surface area contributed by atoms with Crippen molar-refractivity contribution in [2.75, 3.05) is 0 Å². The van der Waals surface area contributed by atoms with E-state index in [4.69, 9.17) is 0 Å². The fourth-order valence-electron chi connectivity index (χ4n) is 6.56. The second-order valence-corrected chi connectivity index (χ2v) is 48.8.